The van der Waals surface area contributed by atoms with Crippen molar-refractivity contribution >= 4 is 51.7 Å². The van der Waals surface area contributed by atoms with Crippen molar-refractivity contribution in [3.05, 3.63) is 81.1 Å². The molecular formula is C31H35N5O3S2. The first kappa shape index (κ1) is 28.1. The van der Waals surface area contributed by atoms with Crippen LogP contribution in [0.1, 0.15) is 37.8 Å². The maximum atomic E-state index is 13.8. The molecule has 0 spiro atoms. The minimum Gasteiger partial charge on any atom is -0.373 e. The van der Waals surface area contributed by atoms with Crippen LogP contribution in [-0.2, 0) is 16.1 Å². The number of fused-ring (bicyclic) bond motifs is 1. The van der Waals surface area contributed by atoms with Gasteiger partial charge >= 0.3 is 0 Å². The van der Waals surface area contributed by atoms with E-state index in [1.54, 1.807) is 21.6 Å². The van der Waals surface area contributed by atoms with Crippen LogP contribution in [0.4, 0.5) is 5.82 Å². The Labute approximate surface area is 250 Å². The lowest BCUT2D eigenvalue weighted by Gasteiger charge is -2.40. The van der Waals surface area contributed by atoms with Gasteiger partial charge in [-0.25, -0.2) is 4.98 Å². The second-order valence-corrected chi connectivity index (χ2v) is 12.9. The fraction of sp³-hybridized carbons (Fsp3) is 0.419. The van der Waals surface area contributed by atoms with Crippen LogP contribution in [0.15, 0.2) is 64.4 Å². The number of thiocarbonyl (C=S) groups is 1. The molecule has 214 valence electrons. The van der Waals surface area contributed by atoms with Gasteiger partial charge in [0.1, 0.15) is 15.8 Å². The van der Waals surface area contributed by atoms with Crippen molar-refractivity contribution in [2.75, 3.05) is 37.6 Å². The third kappa shape index (κ3) is 6.11. The lowest BCUT2D eigenvalue weighted by molar-refractivity contribution is -0.122. The minimum absolute atomic E-state index is 0.181. The summed E-state index contributed by atoms with van der Waals surface area (Å²) in [5.41, 5.74) is 1.85. The smallest absolute Gasteiger partial charge is 0.267 e. The molecule has 3 saturated heterocycles. The number of rotatable bonds is 6. The van der Waals surface area contributed by atoms with E-state index in [2.05, 4.69) is 23.6 Å². The zero-order valence-electron chi connectivity index (χ0n) is 23.4. The molecule has 0 saturated carbocycles. The van der Waals surface area contributed by atoms with E-state index in [9.17, 15) is 9.59 Å². The van der Waals surface area contributed by atoms with Crippen LogP contribution < -0.4 is 10.5 Å². The predicted octanol–water partition coefficient (Wildman–Crippen LogP) is 4.42. The molecule has 6 rings (SSSR count). The van der Waals surface area contributed by atoms with Crippen molar-refractivity contribution in [1.29, 1.82) is 0 Å². The normalized spacial score (nSPS) is 23.7. The second kappa shape index (κ2) is 12.1. The topological polar surface area (TPSA) is 70.4 Å². The van der Waals surface area contributed by atoms with E-state index in [0.29, 0.717) is 38.7 Å². The molecule has 1 aromatic carbocycles. The Bertz CT molecular complexity index is 1520. The van der Waals surface area contributed by atoms with Crippen molar-refractivity contribution in [2.45, 2.75) is 45.4 Å². The fourth-order valence-electron chi connectivity index (χ4n) is 6.12. The zero-order valence-corrected chi connectivity index (χ0v) is 25.1. The van der Waals surface area contributed by atoms with Crippen LogP contribution in [0.2, 0.25) is 0 Å². The summed E-state index contributed by atoms with van der Waals surface area (Å²) >= 11 is 6.82. The van der Waals surface area contributed by atoms with Crippen molar-refractivity contribution in [3.8, 4) is 0 Å². The fourth-order valence-corrected chi connectivity index (χ4v) is 7.35. The van der Waals surface area contributed by atoms with Crippen LogP contribution >= 0.6 is 24.0 Å². The van der Waals surface area contributed by atoms with E-state index in [4.69, 9.17) is 21.9 Å². The largest absolute Gasteiger partial charge is 0.373 e. The predicted molar refractivity (Wildman–Crippen MR) is 168 cm³/mol. The Kier molecular flexibility index (Phi) is 8.26. The quantitative estimate of drug-likeness (QED) is 0.309. The van der Waals surface area contributed by atoms with Gasteiger partial charge in [0.15, 0.2) is 0 Å². The molecule has 2 atom stereocenters. The monoisotopic (exact) mass is 589 g/mol. The number of aromatic nitrogens is 2. The molecule has 8 nitrogen and oxygen atoms in total. The molecule has 2 unspecified atom stereocenters. The van der Waals surface area contributed by atoms with E-state index in [0.717, 1.165) is 51.1 Å². The number of carbonyl (C=O) groups is 1. The molecule has 1 amide bonds. The van der Waals surface area contributed by atoms with Gasteiger partial charge in [0.05, 0.1) is 29.2 Å². The Morgan fingerprint density at radius 1 is 1.02 bits per heavy atom. The standard InChI is InChI=1S/C31H35N5O3S2/c1-21-17-33(18-22(2)39-21)19-24-11-14-34(15-12-24)28-25(29(37)35-13-7-6-10-27(35)32-28)16-26-30(38)36(31(40)41-26)20-23-8-4-3-5-9-23/h3-10,13,16,21-22,24H,11-12,14-15,17-20H2,1-2H3/b26-16+. The van der Waals surface area contributed by atoms with Gasteiger partial charge in [-0.05, 0) is 56.4 Å². The number of amides is 1. The van der Waals surface area contributed by atoms with Crippen molar-refractivity contribution in [1.82, 2.24) is 19.2 Å². The number of thioether (sulfide) groups is 1. The van der Waals surface area contributed by atoms with Gasteiger partial charge in [0.25, 0.3) is 11.5 Å². The van der Waals surface area contributed by atoms with Crippen LogP contribution in [-0.4, -0.2) is 74.3 Å². The molecule has 0 bridgehead atoms. The molecule has 41 heavy (non-hydrogen) atoms. The SMILES string of the molecule is CC1CN(CC2CCN(c3nc4ccccn4c(=O)c3/C=C3/SC(=S)N(Cc4ccccc4)C3=O)CC2)CC(C)O1. The first-order valence-corrected chi connectivity index (χ1v) is 15.5. The first-order valence-electron chi connectivity index (χ1n) is 14.3. The minimum atomic E-state index is -0.183. The Hall–Kier alpha value is -3.05. The molecule has 3 aliphatic rings. The average molecular weight is 590 g/mol. The summed E-state index contributed by atoms with van der Waals surface area (Å²) in [6, 6.07) is 15.3. The number of hydrogen-bond donors (Lipinski definition) is 0. The van der Waals surface area contributed by atoms with Gasteiger partial charge in [0.2, 0.25) is 0 Å². The molecular weight excluding hydrogens is 555 g/mol. The van der Waals surface area contributed by atoms with E-state index in [1.165, 1.54) is 11.8 Å². The highest BCUT2D eigenvalue weighted by Crippen LogP contribution is 2.35. The maximum absolute atomic E-state index is 13.8. The van der Waals surface area contributed by atoms with Crippen LogP contribution in [0.5, 0.6) is 0 Å². The van der Waals surface area contributed by atoms with Crippen LogP contribution in [0, 0.1) is 5.92 Å². The molecule has 0 aliphatic carbocycles. The van der Waals surface area contributed by atoms with Gasteiger partial charge in [0, 0.05) is 38.9 Å². The highest BCUT2D eigenvalue weighted by Gasteiger charge is 2.34. The summed E-state index contributed by atoms with van der Waals surface area (Å²) in [7, 11) is 0. The van der Waals surface area contributed by atoms with Gasteiger partial charge < -0.3 is 9.64 Å². The molecule has 0 N–H and O–H groups in total. The van der Waals surface area contributed by atoms with E-state index in [-0.39, 0.29) is 23.7 Å². The number of pyridine rings is 1. The third-order valence-electron chi connectivity index (χ3n) is 8.01. The highest BCUT2D eigenvalue weighted by molar-refractivity contribution is 8.26. The summed E-state index contributed by atoms with van der Waals surface area (Å²) in [5, 5.41) is 0. The summed E-state index contributed by atoms with van der Waals surface area (Å²) in [6.45, 7) is 9.32. The number of ether oxygens (including phenoxy) is 1. The molecule has 5 heterocycles. The number of morpholine rings is 1. The van der Waals surface area contributed by atoms with Crippen molar-refractivity contribution in [3.63, 3.8) is 0 Å². The second-order valence-electron chi connectivity index (χ2n) is 11.2. The van der Waals surface area contributed by atoms with Crippen LogP contribution in [0.3, 0.4) is 0 Å². The molecule has 3 aliphatic heterocycles. The first-order chi connectivity index (χ1) is 19.9. The lowest BCUT2D eigenvalue weighted by atomic mass is 9.95. The van der Waals surface area contributed by atoms with Gasteiger partial charge in [-0.1, -0.05) is 60.4 Å². The van der Waals surface area contributed by atoms with Crippen molar-refractivity contribution in [2.24, 2.45) is 5.92 Å². The molecule has 2 aromatic heterocycles. The average Bonchev–Trinajstić information content (AvgIpc) is 3.22. The van der Waals surface area contributed by atoms with Gasteiger partial charge in [-0.3, -0.25) is 23.8 Å². The van der Waals surface area contributed by atoms with Crippen LogP contribution in [0.25, 0.3) is 11.7 Å². The molecule has 10 heteroatoms. The van der Waals surface area contributed by atoms with Crippen molar-refractivity contribution < 1.29 is 9.53 Å². The van der Waals surface area contributed by atoms with E-state index >= 15 is 0 Å². The number of anilines is 1. The Balaban J connectivity index is 1.25. The molecule has 0 radical (unpaired) electrons. The number of benzene rings is 1. The maximum Gasteiger partial charge on any atom is 0.267 e. The van der Waals surface area contributed by atoms with E-state index in [1.807, 2.05) is 48.5 Å². The summed E-state index contributed by atoms with van der Waals surface area (Å²) in [5.74, 6) is 1.05. The van der Waals surface area contributed by atoms with Gasteiger partial charge in [-0.15, -0.1) is 0 Å². The Morgan fingerprint density at radius 3 is 2.46 bits per heavy atom. The summed E-state index contributed by atoms with van der Waals surface area (Å²) in [6.07, 6.45) is 6.00. The lowest BCUT2D eigenvalue weighted by Crippen LogP contribution is -2.48. The summed E-state index contributed by atoms with van der Waals surface area (Å²) < 4.78 is 7.96. The number of nitrogens with zero attached hydrogens (tertiary/aromatic N) is 5. The third-order valence-corrected chi connectivity index (χ3v) is 9.38. The molecule has 3 aromatic rings. The summed E-state index contributed by atoms with van der Waals surface area (Å²) in [4.78, 5) is 39.0. The number of carbonyl (C=O) groups excluding carboxylic acids is 1. The zero-order chi connectivity index (χ0) is 28.5. The number of hydrogen-bond acceptors (Lipinski definition) is 8. The Morgan fingerprint density at radius 2 is 1.73 bits per heavy atom. The molecule has 3 fully saturated rings. The highest BCUT2D eigenvalue weighted by atomic mass is 32.2. The number of piperidine rings is 1. The van der Waals surface area contributed by atoms with Gasteiger partial charge in [-0.2, -0.15) is 0 Å². The van der Waals surface area contributed by atoms with E-state index < -0.39 is 0 Å².